The van der Waals surface area contributed by atoms with Gasteiger partial charge in [0.05, 0.1) is 19.3 Å². The molecule has 7 heteroatoms. The molecule has 2 heterocycles. The van der Waals surface area contributed by atoms with Crippen molar-refractivity contribution in [1.82, 2.24) is 10.2 Å². The van der Waals surface area contributed by atoms with Gasteiger partial charge < -0.3 is 15.0 Å². The van der Waals surface area contributed by atoms with Gasteiger partial charge in [0.2, 0.25) is 0 Å². The first-order chi connectivity index (χ1) is 16.5. The average molecular weight is 474 g/mol. The molecule has 0 bridgehead atoms. The summed E-state index contributed by atoms with van der Waals surface area (Å²) in [5, 5.41) is 3.04. The summed E-state index contributed by atoms with van der Waals surface area (Å²) in [6.45, 7) is 3.37. The fourth-order valence-corrected chi connectivity index (χ4v) is 6.19. The van der Waals surface area contributed by atoms with Gasteiger partial charge in [-0.2, -0.15) is 0 Å². The average Bonchev–Trinajstić information content (AvgIpc) is 3.40. The van der Waals surface area contributed by atoms with Gasteiger partial charge in [0.1, 0.15) is 5.75 Å². The summed E-state index contributed by atoms with van der Waals surface area (Å²) in [5.41, 5.74) is 4.83. The van der Waals surface area contributed by atoms with Gasteiger partial charge in [-0.15, -0.1) is 11.8 Å². The first-order valence-electron chi connectivity index (χ1n) is 11.3. The number of methoxy groups -OCH3 is 1. The topological polar surface area (TPSA) is 61.9 Å². The maximum Gasteiger partial charge on any atom is 0.319 e. The lowest BCUT2D eigenvalue weighted by molar-refractivity contribution is -0.123. The van der Waals surface area contributed by atoms with E-state index < -0.39 is 4.87 Å². The molecule has 3 aromatic carbocycles. The maximum atomic E-state index is 14.1. The van der Waals surface area contributed by atoms with Crippen molar-refractivity contribution in [3.05, 3.63) is 95.1 Å². The monoisotopic (exact) mass is 473 g/mol. The maximum absolute atomic E-state index is 14.1. The molecule has 1 N–H and O–H groups in total. The number of hydrogen-bond acceptors (Lipinski definition) is 4. The number of ether oxygens (including phenoxy) is 1. The summed E-state index contributed by atoms with van der Waals surface area (Å²) >= 11 is 1.52. The van der Waals surface area contributed by atoms with Gasteiger partial charge in [-0.3, -0.25) is 9.69 Å². The Kier molecular flexibility index (Phi) is 5.96. The minimum atomic E-state index is -1.10. The molecular formula is C27H27N3O3S. The molecule has 3 amide bonds. The van der Waals surface area contributed by atoms with E-state index in [0.29, 0.717) is 31.1 Å². The van der Waals surface area contributed by atoms with E-state index >= 15 is 0 Å². The van der Waals surface area contributed by atoms with Gasteiger partial charge in [-0.1, -0.05) is 60.2 Å². The second kappa shape index (κ2) is 9.06. The second-order valence-corrected chi connectivity index (χ2v) is 9.84. The van der Waals surface area contributed by atoms with Gasteiger partial charge in [-0.05, 0) is 36.2 Å². The lowest BCUT2D eigenvalue weighted by Gasteiger charge is -2.33. The Morgan fingerprint density at radius 1 is 1.06 bits per heavy atom. The molecule has 0 aromatic heterocycles. The van der Waals surface area contributed by atoms with E-state index in [9.17, 15) is 9.59 Å². The Morgan fingerprint density at radius 3 is 2.62 bits per heavy atom. The Hall–Kier alpha value is -3.45. The van der Waals surface area contributed by atoms with Crippen LogP contribution >= 0.6 is 11.8 Å². The highest BCUT2D eigenvalue weighted by atomic mass is 32.2. The van der Waals surface area contributed by atoms with Crippen molar-refractivity contribution in [3.8, 4) is 5.75 Å². The third kappa shape index (κ3) is 3.80. The molecule has 2 aliphatic rings. The largest absolute Gasteiger partial charge is 0.497 e. The number of thioether (sulfide) groups is 1. The van der Waals surface area contributed by atoms with E-state index in [0.717, 1.165) is 27.9 Å². The number of carbonyl (C=O) groups excluding carboxylic acids is 2. The molecule has 34 heavy (non-hydrogen) atoms. The number of fused-ring (bicyclic) bond motifs is 2. The summed E-state index contributed by atoms with van der Waals surface area (Å²) in [4.78, 5) is 29.9. The van der Waals surface area contributed by atoms with E-state index in [1.807, 2.05) is 73.7 Å². The number of carbonyl (C=O) groups is 2. The first-order valence-corrected chi connectivity index (χ1v) is 12.3. The number of amides is 3. The Labute approximate surface area is 203 Å². The summed E-state index contributed by atoms with van der Waals surface area (Å²) in [7, 11) is 1.61. The van der Waals surface area contributed by atoms with Crippen LogP contribution in [0.5, 0.6) is 5.75 Å². The van der Waals surface area contributed by atoms with Gasteiger partial charge in [-0.25, -0.2) is 4.79 Å². The fourth-order valence-electron chi connectivity index (χ4n) is 4.74. The summed E-state index contributed by atoms with van der Waals surface area (Å²) in [6, 6.07) is 23.4. The quantitative estimate of drug-likeness (QED) is 0.585. The summed E-state index contributed by atoms with van der Waals surface area (Å²) in [6.07, 6.45) is 0. The minimum absolute atomic E-state index is 0.0900. The highest BCUT2D eigenvalue weighted by molar-refractivity contribution is 8.01. The summed E-state index contributed by atoms with van der Waals surface area (Å²) in [5.74, 6) is 1.26. The van der Waals surface area contributed by atoms with Crippen LogP contribution < -0.4 is 15.0 Å². The molecular weight excluding hydrogens is 446 g/mol. The second-order valence-electron chi connectivity index (χ2n) is 8.55. The van der Waals surface area contributed by atoms with Crippen LogP contribution in [0.25, 0.3) is 0 Å². The van der Waals surface area contributed by atoms with Crippen molar-refractivity contribution < 1.29 is 14.3 Å². The molecule has 1 unspecified atom stereocenters. The molecule has 1 fully saturated rings. The number of benzene rings is 3. The Bertz CT molecular complexity index is 1230. The Morgan fingerprint density at radius 2 is 1.85 bits per heavy atom. The lowest BCUT2D eigenvalue weighted by atomic mass is 10.1. The van der Waals surface area contributed by atoms with Crippen molar-refractivity contribution in [2.75, 3.05) is 24.3 Å². The number of nitrogens with zero attached hydrogens (tertiary/aromatic N) is 2. The molecule has 1 spiro atoms. The smallest absolute Gasteiger partial charge is 0.319 e. The zero-order valence-electron chi connectivity index (χ0n) is 19.3. The van der Waals surface area contributed by atoms with E-state index in [1.165, 1.54) is 11.8 Å². The van der Waals surface area contributed by atoms with E-state index in [1.54, 1.807) is 16.9 Å². The van der Waals surface area contributed by atoms with Crippen molar-refractivity contribution >= 4 is 29.4 Å². The van der Waals surface area contributed by atoms with Crippen molar-refractivity contribution in [3.63, 3.8) is 0 Å². The highest BCUT2D eigenvalue weighted by Gasteiger charge is 2.59. The van der Waals surface area contributed by atoms with E-state index in [2.05, 4.69) is 11.4 Å². The lowest BCUT2D eigenvalue weighted by Crippen LogP contribution is -2.53. The van der Waals surface area contributed by atoms with Crippen LogP contribution in [0.15, 0.2) is 72.8 Å². The van der Waals surface area contributed by atoms with Crippen LogP contribution in [0.1, 0.15) is 22.3 Å². The number of urea groups is 1. The molecule has 2 aliphatic heterocycles. The molecule has 3 aromatic rings. The number of nitrogens with one attached hydrogen (secondary N) is 1. The molecule has 174 valence electrons. The zero-order valence-corrected chi connectivity index (χ0v) is 20.1. The van der Waals surface area contributed by atoms with Gasteiger partial charge in [0.15, 0.2) is 4.87 Å². The SMILES string of the molecule is COc1ccc2c(c1)C1(SCCN1C(=O)NCc1cccc(C)c1)C(=O)N2Cc1ccccc1. The van der Waals surface area contributed by atoms with Crippen LogP contribution in [-0.2, 0) is 22.8 Å². The molecule has 0 radical (unpaired) electrons. The van der Waals surface area contributed by atoms with Gasteiger partial charge in [0, 0.05) is 24.4 Å². The van der Waals surface area contributed by atoms with Crippen molar-refractivity contribution in [1.29, 1.82) is 0 Å². The van der Waals surface area contributed by atoms with Crippen molar-refractivity contribution in [2.45, 2.75) is 24.9 Å². The molecule has 5 rings (SSSR count). The predicted molar refractivity (Wildman–Crippen MR) is 135 cm³/mol. The highest BCUT2D eigenvalue weighted by Crippen LogP contribution is 2.55. The molecule has 1 atom stereocenters. The standard InChI is InChI=1S/C27H27N3O3S/c1-19-7-6-10-21(15-19)17-28-26(32)30-13-14-34-27(30)23-16-22(33-2)11-12-24(23)29(25(27)31)18-20-8-4-3-5-9-20/h3-12,15-16H,13-14,17-18H2,1-2H3,(H,28,32). The third-order valence-corrected chi connectivity index (χ3v) is 7.77. The first kappa shape index (κ1) is 22.3. The van der Waals surface area contributed by atoms with Crippen LogP contribution in [0.4, 0.5) is 10.5 Å². The molecule has 0 saturated carbocycles. The molecule has 0 aliphatic carbocycles. The van der Waals surface area contributed by atoms with Crippen LogP contribution in [0, 0.1) is 6.92 Å². The molecule has 1 saturated heterocycles. The normalized spacial score (nSPS) is 18.9. The van der Waals surface area contributed by atoms with Crippen LogP contribution in [0.3, 0.4) is 0 Å². The summed E-state index contributed by atoms with van der Waals surface area (Å²) < 4.78 is 5.49. The fraction of sp³-hybridized carbons (Fsp3) is 0.259. The number of aryl methyl sites for hydroxylation is 1. The van der Waals surface area contributed by atoms with Crippen molar-refractivity contribution in [2.24, 2.45) is 0 Å². The van der Waals surface area contributed by atoms with E-state index in [4.69, 9.17) is 4.74 Å². The predicted octanol–water partition coefficient (Wildman–Crippen LogP) is 4.66. The van der Waals surface area contributed by atoms with Gasteiger partial charge in [0.25, 0.3) is 5.91 Å². The van der Waals surface area contributed by atoms with Crippen LogP contribution in [0.2, 0.25) is 0 Å². The number of hydrogen-bond donors (Lipinski definition) is 1. The van der Waals surface area contributed by atoms with Crippen LogP contribution in [-0.4, -0.2) is 36.2 Å². The van der Waals surface area contributed by atoms with E-state index in [-0.39, 0.29) is 11.9 Å². The van der Waals surface area contributed by atoms with Gasteiger partial charge >= 0.3 is 6.03 Å². The minimum Gasteiger partial charge on any atom is -0.497 e. The third-order valence-electron chi connectivity index (χ3n) is 6.36. The zero-order chi connectivity index (χ0) is 23.7. The Balaban J connectivity index is 1.48. The number of anilines is 1. The number of rotatable bonds is 5. The molecule has 6 nitrogen and oxygen atoms in total.